The molecule has 0 bridgehead atoms. The van der Waals surface area contributed by atoms with Gasteiger partial charge in [0.15, 0.2) is 0 Å². The second kappa shape index (κ2) is 9.90. The van der Waals surface area contributed by atoms with E-state index < -0.39 is 0 Å². The number of rotatable bonds is 9. The van der Waals surface area contributed by atoms with Gasteiger partial charge in [-0.2, -0.15) is 0 Å². The minimum absolute atomic E-state index is 0.0896. The van der Waals surface area contributed by atoms with Crippen molar-refractivity contribution in [3.63, 3.8) is 0 Å². The first-order valence-electron chi connectivity index (χ1n) is 7.87. The summed E-state index contributed by atoms with van der Waals surface area (Å²) < 4.78 is 10.2. The van der Waals surface area contributed by atoms with Crippen molar-refractivity contribution in [1.29, 1.82) is 0 Å². The lowest BCUT2D eigenvalue weighted by molar-refractivity contribution is -0.118. The fourth-order valence-corrected chi connectivity index (χ4v) is 3.04. The maximum Gasteiger partial charge on any atom is 0.255 e. The molecule has 1 N–H and O–H groups in total. The largest absolute Gasteiger partial charge is 0.467 e. The van der Waals surface area contributed by atoms with Crippen LogP contribution >= 0.6 is 11.8 Å². The van der Waals surface area contributed by atoms with Crippen LogP contribution in [0.3, 0.4) is 0 Å². The second-order valence-electron chi connectivity index (χ2n) is 5.37. The number of carbonyl (C=O) groups excluding carboxylic acids is 2. The second-order valence-corrected chi connectivity index (χ2v) is 6.39. The van der Waals surface area contributed by atoms with E-state index in [1.54, 1.807) is 37.5 Å². The molecule has 0 saturated carbocycles. The van der Waals surface area contributed by atoms with Gasteiger partial charge in [0.2, 0.25) is 5.91 Å². The number of hydrogen-bond donors (Lipinski definition) is 1. The van der Waals surface area contributed by atoms with Crippen LogP contribution in [0.4, 0.5) is 0 Å². The average molecular weight is 362 g/mol. The molecule has 0 spiro atoms. The number of nitrogens with zero attached hydrogens (tertiary/aromatic N) is 1. The van der Waals surface area contributed by atoms with E-state index in [1.165, 1.54) is 11.8 Å². The molecule has 7 heteroatoms. The van der Waals surface area contributed by atoms with Gasteiger partial charge < -0.3 is 19.4 Å². The van der Waals surface area contributed by atoms with Crippen molar-refractivity contribution in [3.8, 4) is 0 Å². The lowest BCUT2D eigenvalue weighted by Crippen LogP contribution is -2.29. The zero-order valence-electron chi connectivity index (χ0n) is 14.4. The third kappa shape index (κ3) is 5.95. The summed E-state index contributed by atoms with van der Waals surface area (Å²) >= 11 is 1.34. The van der Waals surface area contributed by atoms with E-state index in [-0.39, 0.29) is 17.6 Å². The molecule has 0 aliphatic heterocycles. The van der Waals surface area contributed by atoms with Crippen molar-refractivity contribution in [1.82, 2.24) is 10.2 Å². The number of methoxy groups -OCH3 is 1. The van der Waals surface area contributed by atoms with Gasteiger partial charge >= 0.3 is 0 Å². The molecule has 25 heavy (non-hydrogen) atoms. The Morgan fingerprint density at radius 3 is 2.76 bits per heavy atom. The Morgan fingerprint density at radius 2 is 2.04 bits per heavy atom. The first kappa shape index (κ1) is 19.1. The molecular weight excluding hydrogens is 340 g/mol. The summed E-state index contributed by atoms with van der Waals surface area (Å²) in [6.07, 6.45) is 1.58. The molecule has 0 atom stereocenters. The maximum atomic E-state index is 12.7. The summed E-state index contributed by atoms with van der Waals surface area (Å²) in [6, 6.07) is 10.9. The molecule has 1 aromatic carbocycles. The summed E-state index contributed by atoms with van der Waals surface area (Å²) in [5, 5.41) is 2.76. The smallest absolute Gasteiger partial charge is 0.255 e. The number of furan rings is 1. The van der Waals surface area contributed by atoms with Crippen molar-refractivity contribution in [2.24, 2.45) is 0 Å². The zero-order valence-corrected chi connectivity index (χ0v) is 15.2. The van der Waals surface area contributed by atoms with Crippen molar-refractivity contribution in [2.45, 2.75) is 11.4 Å². The van der Waals surface area contributed by atoms with Crippen molar-refractivity contribution < 1.29 is 18.7 Å². The summed E-state index contributed by atoms with van der Waals surface area (Å²) in [5.41, 5.74) is 0.575. The van der Waals surface area contributed by atoms with Gasteiger partial charge in [0, 0.05) is 25.6 Å². The molecule has 0 aliphatic rings. The van der Waals surface area contributed by atoms with Crippen molar-refractivity contribution in [3.05, 3.63) is 54.0 Å². The molecule has 0 fully saturated rings. The molecule has 134 valence electrons. The van der Waals surface area contributed by atoms with Crippen LogP contribution in [0.15, 0.2) is 52.0 Å². The minimum Gasteiger partial charge on any atom is -0.467 e. The average Bonchev–Trinajstić information content (AvgIpc) is 3.12. The van der Waals surface area contributed by atoms with E-state index in [2.05, 4.69) is 5.32 Å². The summed E-state index contributed by atoms with van der Waals surface area (Å²) in [4.78, 5) is 26.9. The Hall–Kier alpha value is -2.25. The third-order valence-electron chi connectivity index (χ3n) is 3.42. The molecule has 0 radical (unpaired) electrons. The topological polar surface area (TPSA) is 71.8 Å². The zero-order chi connectivity index (χ0) is 18.1. The van der Waals surface area contributed by atoms with Gasteiger partial charge in [-0.05, 0) is 24.3 Å². The highest BCUT2D eigenvalue weighted by molar-refractivity contribution is 8.00. The number of amides is 2. The van der Waals surface area contributed by atoms with E-state index in [4.69, 9.17) is 9.15 Å². The van der Waals surface area contributed by atoms with Crippen LogP contribution < -0.4 is 5.32 Å². The summed E-state index contributed by atoms with van der Waals surface area (Å²) in [6.45, 7) is 1.34. The van der Waals surface area contributed by atoms with E-state index in [0.29, 0.717) is 25.3 Å². The highest BCUT2D eigenvalue weighted by Crippen LogP contribution is 2.24. The lowest BCUT2D eigenvalue weighted by Gasteiger charge is -2.17. The predicted molar refractivity (Wildman–Crippen MR) is 96.6 cm³/mol. The van der Waals surface area contributed by atoms with Gasteiger partial charge in [-0.25, -0.2) is 0 Å². The van der Waals surface area contributed by atoms with Gasteiger partial charge in [-0.3, -0.25) is 9.59 Å². The Kier molecular flexibility index (Phi) is 7.56. The van der Waals surface area contributed by atoms with Crippen LogP contribution in [0.5, 0.6) is 0 Å². The normalized spacial score (nSPS) is 10.5. The number of ether oxygens (including phenoxy) is 1. The van der Waals surface area contributed by atoms with Gasteiger partial charge in [-0.15, -0.1) is 11.8 Å². The Morgan fingerprint density at radius 1 is 1.24 bits per heavy atom. The number of hydrogen-bond acceptors (Lipinski definition) is 5. The highest BCUT2D eigenvalue weighted by Gasteiger charge is 2.17. The van der Waals surface area contributed by atoms with Gasteiger partial charge in [0.25, 0.3) is 5.91 Å². The molecule has 6 nitrogen and oxygen atoms in total. The first-order valence-corrected chi connectivity index (χ1v) is 8.85. The first-order chi connectivity index (χ1) is 12.1. The van der Waals surface area contributed by atoms with Crippen LogP contribution in [0.25, 0.3) is 0 Å². The Bertz CT molecular complexity index is 688. The van der Waals surface area contributed by atoms with Crippen LogP contribution in [0.2, 0.25) is 0 Å². The monoisotopic (exact) mass is 362 g/mol. The molecule has 0 unspecified atom stereocenters. The maximum absolute atomic E-state index is 12.7. The molecule has 0 aliphatic carbocycles. The lowest BCUT2D eigenvalue weighted by atomic mass is 10.2. The van der Waals surface area contributed by atoms with Crippen LogP contribution in [0.1, 0.15) is 16.1 Å². The molecule has 1 aromatic heterocycles. The van der Waals surface area contributed by atoms with E-state index in [9.17, 15) is 9.59 Å². The SMILES string of the molecule is COCCNC(=O)CSc1ccccc1C(=O)N(C)Cc1ccco1. The van der Waals surface area contributed by atoms with Crippen molar-refractivity contribution >= 4 is 23.6 Å². The van der Waals surface area contributed by atoms with Crippen LogP contribution in [0, 0.1) is 0 Å². The number of nitrogens with one attached hydrogen (secondary N) is 1. The minimum atomic E-state index is -0.112. The number of thioether (sulfide) groups is 1. The van der Waals surface area contributed by atoms with Crippen LogP contribution in [-0.2, 0) is 16.1 Å². The molecular formula is C18H22N2O4S. The van der Waals surface area contributed by atoms with E-state index >= 15 is 0 Å². The predicted octanol–water partition coefficient (Wildman–Crippen LogP) is 2.41. The van der Waals surface area contributed by atoms with E-state index in [0.717, 1.165) is 10.7 Å². The summed E-state index contributed by atoms with van der Waals surface area (Å²) in [5.74, 6) is 0.765. The van der Waals surface area contributed by atoms with Gasteiger partial charge in [0.1, 0.15) is 5.76 Å². The number of benzene rings is 1. The molecule has 2 amide bonds. The fraction of sp³-hybridized carbons (Fsp3) is 0.333. The van der Waals surface area contributed by atoms with Crippen LogP contribution in [-0.4, -0.2) is 49.8 Å². The third-order valence-corrected chi connectivity index (χ3v) is 4.50. The van der Waals surface area contributed by atoms with Crippen molar-refractivity contribution in [2.75, 3.05) is 33.1 Å². The highest BCUT2D eigenvalue weighted by atomic mass is 32.2. The van der Waals surface area contributed by atoms with Gasteiger partial charge in [0.05, 0.1) is 30.7 Å². The fourth-order valence-electron chi connectivity index (χ4n) is 2.17. The standard InChI is InChI=1S/C18H22N2O4S/c1-20(12-14-6-5-10-24-14)18(22)15-7-3-4-8-16(15)25-13-17(21)19-9-11-23-2/h3-8,10H,9,11-13H2,1-2H3,(H,19,21). The molecule has 2 rings (SSSR count). The quantitative estimate of drug-likeness (QED) is 0.548. The van der Waals surface area contributed by atoms with Gasteiger partial charge in [-0.1, -0.05) is 12.1 Å². The molecule has 0 saturated heterocycles. The molecule has 1 heterocycles. The summed E-state index contributed by atoms with van der Waals surface area (Å²) in [7, 11) is 3.31. The Labute approximate surface area is 151 Å². The molecule has 2 aromatic rings. The Balaban J connectivity index is 1.96. The number of carbonyl (C=O) groups is 2. The van der Waals surface area contributed by atoms with E-state index in [1.807, 2.05) is 24.3 Å².